The second-order valence-corrected chi connectivity index (χ2v) is 8.49. The molecule has 7 heteroatoms. The number of nitrogens with one attached hydrogen (secondary N) is 1. The van der Waals surface area contributed by atoms with Crippen LogP contribution in [0.1, 0.15) is 27.2 Å². The Bertz CT molecular complexity index is 673. The maximum Gasteiger partial charge on any atom is 0.228 e. The lowest BCUT2D eigenvalue weighted by atomic mass is 9.96. The first kappa shape index (κ1) is 19.2. The van der Waals surface area contributed by atoms with Gasteiger partial charge in [-0.25, -0.2) is 8.42 Å². The molecule has 0 saturated carbocycles. The number of hydrogen-bond donors (Lipinski definition) is 1. The molecule has 0 atom stereocenters. The van der Waals surface area contributed by atoms with Gasteiger partial charge in [-0.2, -0.15) is 0 Å². The molecule has 1 aromatic carbocycles. The fraction of sp³-hybridized carbons (Fsp3) is 0.500. The summed E-state index contributed by atoms with van der Waals surface area (Å²) in [6.07, 6.45) is 1.31. The van der Waals surface area contributed by atoms with Gasteiger partial charge in [-0.1, -0.05) is 20.8 Å². The SMILES string of the molecule is CN(C(=O)CCNC(=O)C(C)(C)C)c1ccc(S(C)(=O)=O)cc1. The molecule has 2 amide bonds. The van der Waals surface area contributed by atoms with E-state index in [1.165, 1.54) is 17.0 Å². The summed E-state index contributed by atoms with van der Waals surface area (Å²) in [4.78, 5) is 25.5. The Hall–Kier alpha value is -1.89. The van der Waals surface area contributed by atoms with Crippen LogP contribution in [-0.2, 0) is 19.4 Å². The zero-order chi connectivity index (χ0) is 17.8. The van der Waals surface area contributed by atoms with Crippen LogP contribution in [0.4, 0.5) is 5.69 Å². The van der Waals surface area contributed by atoms with Crippen LogP contribution in [0.15, 0.2) is 29.2 Å². The summed E-state index contributed by atoms with van der Waals surface area (Å²) in [6.45, 7) is 5.68. The summed E-state index contributed by atoms with van der Waals surface area (Å²) in [5.41, 5.74) is 0.112. The van der Waals surface area contributed by atoms with E-state index in [2.05, 4.69) is 5.32 Å². The molecule has 0 saturated heterocycles. The Kier molecular flexibility index (Phi) is 5.93. The molecule has 0 aliphatic heterocycles. The number of carbonyl (C=O) groups is 2. The maximum absolute atomic E-state index is 12.1. The molecule has 0 aliphatic carbocycles. The molecule has 6 nitrogen and oxygen atoms in total. The van der Waals surface area contributed by atoms with Crippen LogP contribution in [0, 0.1) is 5.41 Å². The highest BCUT2D eigenvalue weighted by molar-refractivity contribution is 7.90. The summed E-state index contributed by atoms with van der Waals surface area (Å²) < 4.78 is 22.8. The molecule has 23 heavy (non-hydrogen) atoms. The van der Waals surface area contributed by atoms with Gasteiger partial charge in [0.15, 0.2) is 9.84 Å². The zero-order valence-corrected chi connectivity index (χ0v) is 15.0. The second-order valence-electron chi connectivity index (χ2n) is 6.47. The molecule has 0 unspecified atom stereocenters. The number of anilines is 1. The number of sulfone groups is 1. The fourth-order valence-electron chi connectivity index (χ4n) is 1.78. The van der Waals surface area contributed by atoms with Gasteiger partial charge in [0.2, 0.25) is 11.8 Å². The summed E-state index contributed by atoms with van der Waals surface area (Å²) >= 11 is 0. The predicted octanol–water partition coefficient (Wildman–Crippen LogP) is 1.61. The number of hydrogen-bond acceptors (Lipinski definition) is 4. The number of amides is 2. The number of nitrogens with zero attached hydrogens (tertiary/aromatic N) is 1. The van der Waals surface area contributed by atoms with Crippen LogP contribution in [0.3, 0.4) is 0 Å². The zero-order valence-electron chi connectivity index (χ0n) is 14.2. The first-order chi connectivity index (χ1) is 10.4. The van der Waals surface area contributed by atoms with Gasteiger partial charge < -0.3 is 10.2 Å². The Morgan fingerprint density at radius 2 is 1.65 bits per heavy atom. The van der Waals surface area contributed by atoms with Gasteiger partial charge in [0.05, 0.1) is 4.90 Å². The van der Waals surface area contributed by atoms with Crippen molar-refractivity contribution in [1.82, 2.24) is 5.32 Å². The molecule has 0 aliphatic rings. The fourth-order valence-corrected chi connectivity index (χ4v) is 2.41. The van der Waals surface area contributed by atoms with Gasteiger partial charge in [-0.15, -0.1) is 0 Å². The van der Waals surface area contributed by atoms with Crippen LogP contribution < -0.4 is 10.2 Å². The quantitative estimate of drug-likeness (QED) is 0.882. The molecule has 0 bridgehead atoms. The van der Waals surface area contributed by atoms with Gasteiger partial charge in [-0.3, -0.25) is 9.59 Å². The monoisotopic (exact) mass is 340 g/mol. The van der Waals surface area contributed by atoms with E-state index in [0.717, 1.165) is 6.26 Å². The summed E-state index contributed by atoms with van der Waals surface area (Å²) in [7, 11) is -1.64. The smallest absolute Gasteiger partial charge is 0.228 e. The summed E-state index contributed by atoms with van der Waals surface area (Å²) in [5, 5.41) is 2.72. The topological polar surface area (TPSA) is 83.6 Å². The van der Waals surface area contributed by atoms with Crippen LogP contribution in [0.2, 0.25) is 0 Å². The van der Waals surface area contributed by atoms with Gasteiger partial charge in [0, 0.05) is 37.4 Å². The molecule has 0 aromatic heterocycles. The van der Waals surface area contributed by atoms with Crippen molar-refractivity contribution < 1.29 is 18.0 Å². The molecular weight excluding hydrogens is 316 g/mol. The molecule has 0 spiro atoms. The molecule has 1 N–H and O–H groups in total. The molecule has 1 rings (SSSR count). The second kappa shape index (κ2) is 7.12. The third kappa shape index (κ3) is 5.67. The highest BCUT2D eigenvalue weighted by Crippen LogP contribution is 2.17. The highest BCUT2D eigenvalue weighted by Gasteiger charge is 2.21. The maximum atomic E-state index is 12.1. The van der Waals surface area contributed by atoms with E-state index in [9.17, 15) is 18.0 Å². The van der Waals surface area contributed by atoms with E-state index >= 15 is 0 Å². The van der Waals surface area contributed by atoms with Gasteiger partial charge in [0.1, 0.15) is 0 Å². The average molecular weight is 340 g/mol. The van der Waals surface area contributed by atoms with Crippen molar-refractivity contribution >= 4 is 27.3 Å². The summed E-state index contributed by atoms with van der Waals surface area (Å²) in [5.74, 6) is -0.267. The van der Waals surface area contributed by atoms with Crippen molar-refractivity contribution in [3.05, 3.63) is 24.3 Å². The number of benzene rings is 1. The van der Waals surface area contributed by atoms with E-state index in [1.807, 2.05) is 0 Å². The largest absolute Gasteiger partial charge is 0.355 e. The lowest BCUT2D eigenvalue weighted by Gasteiger charge is -2.20. The normalized spacial score (nSPS) is 11.9. The summed E-state index contributed by atoms with van der Waals surface area (Å²) in [6, 6.07) is 6.11. The van der Waals surface area contributed by atoms with E-state index < -0.39 is 15.3 Å². The Morgan fingerprint density at radius 1 is 1.13 bits per heavy atom. The molecule has 0 heterocycles. The van der Waals surface area contributed by atoms with Crippen LogP contribution in [0.5, 0.6) is 0 Å². The van der Waals surface area contributed by atoms with Crippen molar-refractivity contribution in [3.8, 4) is 0 Å². The van der Waals surface area contributed by atoms with Gasteiger partial charge in [-0.05, 0) is 24.3 Å². The molecule has 0 fully saturated rings. The van der Waals surface area contributed by atoms with Gasteiger partial charge in [0.25, 0.3) is 0 Å². The minimum atomic E-state index is -3.25. The van der Waals surface area contributed by atoms with Crippen molar-refractivity contribution in [2.75, 3.05) is 24.7 Å². The molecular formula is C16H24N2O4S. The minimum Gasteiger partial charge on any atom is -0.355 e. The van der Waals surface area contributed by atoms with E-state index in [-0.39, 0.29) is 29.7 Å². The first-order valence-corrected chi connectivity index (χ1v) is 9.17. The third-order valence-electron chi connectivity index (χ3n) is 3.33. The Balaban J connectivity index is 2.62. The number of carbonyl (C=O) groups excluding carboxylic acids is 2. The van der Waals surface area contributed by atoms with Crippen LogP contribution in [-0.4, -0.2) is 40.1 Å². The Morgan fingerprint density at radius 3 is 2.09 bits per heavy atom. The third-order valence-corrected chi connectivity index (χ3v) is 4.46. The lowest BCUT2D eigenvalue weighted by Crippen LogP contribution is -2.37. The van der Waals surface area contributed by atoms with Crippen molar-refractivity contribution in [3.63, 3.8) is 0 Å². The standard InChI is InChI=1S/C16H24N2O4S/c1-16(2,3)15(20)17-11-10-14(19)18(4)12-6-8-13(9-7-12)23(5,21)22/h6-9H,10-11H2,1-5H3,(H,17,20). The first-order valence-electron chi connectivity index (χ1n) is 7.28. The van der Waals surface area contributed by atoms with Crippen molar-refractivity contribution in [1.29, 1.82) is 0 Å². The van der Waals surface area contributed by atoms with Gasteiger partial charge >= 0.3 is 0 Å². The van der Waals surface area contributed by atoms with Crippen molar-refractivity contribution in [2.45, 2.75) is 32.1 Å². The van der Waals surface area contributed by atoms with E-state index in [4.69, 9.17) is 0 Å². The van der Waals surface area contributed by atoms with E-state index in [0.29, 0.717) is 5.69 Å². The molecule has 1 aromatic rings. The Labute approximate surface area is 137 Å². The van der Waals surface area contributed by atoms with Crippen LogP contribution in [0.25, 0.3) is 0 Å². The average Bonchev–Trinajstić information content (AvgIpc) is 2.44. The molecule has 128 valence electrons. The highest BCUT2D eigenvalue weighted by atomic mass is 32.2. The predicted molar refractivity (Wildman–Crippen MR) is 90.0 cm³/mol. The molecule has 0 radical (unpaired) electrons. The number of rotatable bonds is 5. The van der Waals surface area contributed by atoms with Crippen LogP contribution >= 0.6 is 0 Å². The van der Waals surface area contributed by atoms with E-state index in [1.54, 1.807) is 40.0 Å². The van der Waals surface area contributed by atoms with Crippen molar-refractivity contribution in [2.24, 2.45) is 5.41 Å². The minimum absolute atomic E-state index is 0.106. The lowest BCUT2D eigenvalue weighted by molar-refractivity contribution is -0.128.